The molecule has 1 aromatic carbocycles. The van der Waals surface area contributed by atoms with Crippen LogP contribution in [0.4, 0.5) is 5.69 Å². The molecular formula is C65H104N8O15S2. The van der Waals surface area contributed by atoms with Crippen molar-refractivity contribution in [1.29, 1.82) is 0 Å². The molecule has 8 atom stereocenters. The van der Waals surface area contributed by atoms with Gasteiger partial charge in [-0.1, -0.05) is 73.4 Å². The van der Waals surface area contributed by atoms with Crippen LogP contribution in [0.3, 0.4) is 0 Å². The van der Waals surface area contributed by atoms with E-state index in [-0.39, 0.29) is 155 Å². The van der Waals surface area contributed by atoms with Gasteiger partial charge in [-0.25, -0.2) is 9.87 Å². The number of carbonyl (C=O) groups is 10. The first-order valence-electron chi connectivity index (χ1n) is 31.9. The van der Waals surface area contributed by atoms with Crippen LogP contribution in [0.5, 0.6) is 0 Å². The molecule has 0 saturated carbocycles. The van der Waals surface area contributed by atoms with Crippen LogP contribution in [-0.4, -0.2) is 185 Å². The van der Waals surface area contributed by atoms with Gasteiger partial charge in [0.1, 0.15) is 35.8 Å². The number of carboxylic acid groups (broad SMARTS) is 1. The lowest BCUT2D eigenvalue weighted by atomic mass is 9.81. The molecule has 0 spiro atoms. The van der Waals surface area contributed by atoms with Crippen LogP contribution >= 0.6 is 23.1 Å². The fourth-order valence-corrected chi connectivity index (χ4v) is 12.0. The minimum absolute atomic E-state index is 0.00175. The quantitative estimate of drug-likeness (QED) is 0.0158. The summed E-state index contributed by atoms with van der Waals surface area (Å²) in [6.07, 6.45) is 5.54. The number of anilines is 1. The molecule has 90 heavy (non-hydrogen) atoms. The van der Waals surface area contributed by atoms with Crippen molar-refractivity contribution in [2.24, 2.45) is 29.6 Å². The van der Waals surface area contributed by atoms with Crippen LogP contribution < -0.4 is 21.3 Å². The van der Waals surface area contributed by atoms with Crippen molar-refractivity contribution in [1.82, 2.24) is 35.6 Å². The van der Waals surface area contributed by atoms with Gasteiger partial charge in [0.2, 0.25) is 35.4 Å². The third-order valence-corrected chi connectivity index (χ3v) is 18.8. The predicted octanol–water partition coefficient (Wildman–Crippen LogP) is 8.07. The van der Waals surface area contributed by atoms with E-state index in [1.54, 1.807) is 24.6 Å². The molecule has 0 radical (unpaired) electrons. The minimum atomic E-state index is -1.03. The molecule has 1 aliphatic rings. The van der Waals surface area contributed by atoms with Crippen LogP contribution in [0, 0.1) is 36.5 Å². The molecule has 23 nitrogen and oxygen atoms in total. The van der Waals surface area contributed by atoms with Gasteiger partial charge >= 0.3 is 5.97 Å². The summed E-state index contributed by atoms with van der Waals surface area (Å²) in [6.45, 7) is 20.4. The Morgan fingerprint density at radius 1 is 0.900 bits per heavy atom. The van der Waals surface area contributed by atoms with Gasteiger partial charge in [0, 0.05) is 106 Å². The second kappa shape index (κ2) is 40.3. The van der Waals surface area contributed by atoms with Crippen molar-refractivity contribution in [3.05, 3.63) is 45.4 Å². The molecule has 1 fully saturated rings. The number of carboxylic acids is 1. The van der Waals surface area contributed by atoms with Gasteiger partial charge in [0.05, 0.1) is 23.3 Å². The average molecular weight is 1300 g/mol. The van der Waals surface area contributed by atoms with Crippen LogP contribution in [0.15, 0.2) is 23.6 Å². The second-order valence-corrected chi connectivity index (χ2v) is 26.7. The Balaban J connectivity index is 1.74. The molecular weight excluding hydrogens is 1200 g/mol. The summed E-state index contributed by atoms with van der Waals surface area (Å²) in [5.74, 6) is -5.79. The SMILES string of the molecule is CCCO[C@H](C[C@H](C(C)C)N(CCC)C(=O)[C@@H](CC(=O)C(C)(C)N(C)C)C(C)CC)c1nc(C(=O)N[C@@H](Cc2ccc(C)c(NC(=O)CCCNC(=O)C(CCCCNC(=O)COCCOO)CC(=O)CCN3C(=O)CC(SC)C3=O)c2)CC(C)C(=O)O)cs1. The highest BCUT2D eigenvalue weighted by Crippen LogP contribution is 2.34. The first-order valence-corrected chi connectivity index (χ1v) is 34.1. The predicted molar refractivity (Wildman–Crippen MR) is 348 cm³/mol. The van der Waals surface area contributed by atoms with Gasteiger partial charge in [-0.2, -0.15) is 11.8 Å². The van der Waals surface area contributed by atoms with E-state index in [4.69, 9.17) is 19.7 Å². The van der Waals surface area contributed by atoms with E-state index in [0.29, 0.717) is 62.4 Å². The number of nitrogens with zero attached hydrogens (tertiary/aromatic N) is 4. The lowest BCUT2D eigenvalue weighted by molar-refractivity contribution is -0.248. The smallest absolute Gasteiger partial charge is 0.306 e. The number of nitrogens with one attached hydrogen (secondary N) is 4. The summed E-state index contributed by atoms with van der Waals surface area (Å²) < 4.78 is 11.6. The molecule has 1 aliphatic heterocycles. The van der Waals surface area contributed by atoms with Gasteiger partial charge in [0.25, 0.3) is 5.91 Å². The number of thiazole rings is 1. The molecule has 2 heterocycles. The fourth-order valence-electron chi connectivity index (χ4n) is 10.5. The third kappa shape index (κ3) is 25.8. The number of benzene rings is 1. The summed E-state index contributed by atoms with van der Waals surface area (Å²) in [6, 6.07) is 4.51. The lowest BCUT2D eigenvalue weighted by Crippen LogP contribution is -2.51. The number of likely N-dealkylation sites (N-methyl/N-ethyl adjacent to an activating group) is 1. The van der Waals surface area contributed by atoms with Crippen molar-refractivity contribution in [3.8, 4) is 0 Å². The number of Topliss-reactive ketones (excluding diaryl/α,β-unsaturated/α-hetero) is 2. The zero-order valence-corrected chi connectivity index (χ0v) is 57.2. The highest BCUT2D eigenvalue weighted by atomic mass is 32.2. The second-order valence-electron chi connectivity index (χ2n) is 24.8. The topological polar surface area (TPSA) is 310 Å². The summed E-state index contributed by atoms with van der Waals surface area (Å²) >= 11 is 2.56. The van der Waals surface area contributed by atoms with Crippen LogP contribution in [0.25, 0.3) is 0 Å². The molecule has 7 amide bonds. The number of ether oxygens (including phenoxy) is 2. The minimum Gasteiger partial charge on any atom is -0.481 e. The number of likely N-dealkylation sites (tertiary alicyclic amines) is 1. The Morgan fingerprint density at radius 3 is 2.23 bits per heavy atom. The van der Waals surface area contributed by atoms with Crippen LogP contribution in [0.1, 0.15) is 185 Å². The van der Waals surface area contributed by atoms with E-state index < -0.39 is 58.5 Å². The lowest BCUT2D eigenvalue weighted by Gasteiger charge is -2.40. The number of imide groups is 1. The largest absolute Gasteiger partial charge is 0.481 e. The highest BCUT2D eigenvalue weighted by molar-refractivity contribution is 8.00. The average Bonchev–Trinajstić information content (AvgIpc) is 2.62. The Morgan fingerprint density at radius 2 is 1.61 bits per heavy atom. The zero-order valence-electron chi connectivity index (χ0n) is 55.6. The van der Waals surface area contributed by atoms with E-state index in [9.17, 15) is 53.1 Å². The summed E-state index contributed by atoms with van der Waals surface area (Å²) in [5, 5.41) is 31.7. The number of hydrogen-bond donors (Lipinski definition) is 6. The van der Waals surface area contributed by atoms with Gasteiger partial charge < -0.3 is 40.7 Å². The Bertz CT molecular complexity index is 2670. The molecule has 4 unspecified atom stereocenters. The first kappa shape index (κ1) is 78.5. The van der Waals surface area contributed by atoms with Crippen molar-refractivity contribution < 1.29 is 72.7 Å². The molecule has 1 saturated heterocycles. The number of rotatable bonds is 46. The maximum absolute atomic E-state index is 14.9. The van der Waals surface area contributed by atoms with E-state index in [1.165, 1.54) is 23.1 Å². The molecule has 0 bridgehead atoms. The van der Waals surface area contributed by atoms with Crippen molar-refractivity contribution in [2.45, 2.75) is 195 Å². The summed E-state index contributed by atoms with van der Waals surface area (Å²) in [5.41, 5.74) is 1.36. The van der Waals surface area contributed by atoms with Crippen LogP contribution in [0.2, 0.25) is 0 Å². The maximum atomic E-state index is 14.9. The number of aromatic nitrogens is 1. The third-order valence-electron chi connectivity index (χ3n) is 16.9. The molecule has 6 N–H and O–H groups in total. The van der Waals surface area contributed by atoms with Gasteiger partial charge in [-0.15, -0.1) is 11.3 Å². The van der Waals surface area contributed by atoms with E-state index in [1.807, 2.05) is 84.5 Å². The van der Waals surface area contributed by atoms with Gasteiger partial charge in [-0.3, -0.25) is 63.0 Å². The standard InChI is InChI=1S/C65H104N8O15S2/c1-14-27-72(62(81)49(42(6)16-3)36-55(75)65(9,10)71(11)12)52(41(4)5)37-53(87-29-15-2)61-70-51(40-90-61)60(80)68-47(32-44(8)64(83)84)33-45-23-22-43(7)50(34-45)69-56(76)21-19-26-67-59(79)46(20-17-18-25-66-57(77)39-86-30-31-88-85)35-48(74)24-28-73-58(78)38-54(89-13)63(73)82/h22-23,34,40-42,44,46-47,49,52-54,85H,14-21,24-33,35-39H2,1-13H3,(H,66,77)(H,67,79)(H,68,80)(H,69,76)(H,83,84)/t42?,44?,46?,47-,49+,52-,53-,54?/m1/s1. The number of ketones is 2. The van der Waals surface area contributed by atoms with Crippen molar-refractivity contribution in [2.75, 3.05) is 78.3 Å². The molecule has 0 aliphatic carbocycles. The molecule has 506 valence electrons. The number of aliphatic carboxylic acids is 1. The molecule has 3 rings (SSSR count). The molecule has 2 aromatic rings. The number of amides is 7. The number of carbonyl (C=O) groups excluding carboxylic acids is 9. The first-order chi connectivity index (χ1) is 42.6. The molecule has 1 aromatic heterocycles. The molecule has 25 heteroatoms. The summed E-state index contributed by atoms with van der Waals surface area (Å²) in [7, 11) is 3.73. The summed E-state index contributed by atoms with van der Waals surface area (Å²) in [4.78, 5) is 146. The number of unbranched alkanes of at least 4 members (excludes halogenated alkanes) is 1. The van der Waals surface area contributed by atoms with Crippen LogP contribution in [-0.2, 0) is 63.9 Å². The normalized spacial score (nSPS) is 15.9. The Labute approximate surface area is 541 Å². The van der Waals surface area contributed by atoms with Crippen molar-refractivity contribution >= 4 is 87.7 Å². The monoisotopic (exact) mass is 1300 g/mol. The fraction of sp³-hybridized carbons (Fsp3) is 0.708. The van der Waals surface area contributed by atoms with E-state index in [2.05, 4.69) is 40.0 Å². The highest BCUT2D eigenvalue weighted by Gasteiger charge is 2.41. The Hall–Kier alpha value is -5.70. The number of hydrogen-bond acceptors (Lipinski definition) is 18. The Kier molecular flexibility index (Phi) is 35.2. The maximum Gasteiger partial charge on any atom is 0.306 e. The van der Waals surface area contributed by atoms with Gasteiger partial charge in [0.15, 0.2) is 5.78 Å². The van der Waals surface area contributed by atoms with Gasteiger partial charge in [-0.05, 0) is 115 Å². The zero-order chi connectivity index (χ0) is 67.3. The number of thioether (sulfide) groups is 1. The van der Waals surface area contributed by atoms with Crippen molar-refractivity contribution in [3.63, 3.8) is 0 Å². The van der Waals surface area contributed by atoms with E-state index >= 15 is 0 Å². The number of aryl methyl sites for hydroxylation is 1. The van der Waals surface area contributed by atoms with E-state index in [0.717, 1.165) is 22.4 Å².